The predicted octanol–water partition coefficient (Wildman–Crippen LogP) is 2.70. The van der Waals surface area contributed by atoms with E-state index in [1.807, 2.05) is 24.3 Å². The van der Waals surface area contributed by atoms with Crippen molar-refractivity contribution in [2.24, 2.45) is 0 Å². The van der Waals surface area contributed by atoms with Crippen LogP contribution in [0.25, 0.3) is 11.3 Å². The number of nitriles is 1. The Morgan fingerprint density at radius 3 is 2.67 bits per heavy atom. The molecule has 0 aliphatic carbocycles. The number of aromatic nitrogens is 2. The van der Waals surface area contributed by atoms with Crippen LogP contribution in [0.15, 0.2) is 29.1 Å². The van der Waals surface area contributed by atoms with Gasteiger partial charge < -0.3 is 9.64 Å². The standard InChI is InChI=1S/C18H20N4O2/c1-24-14-8-6-7-13(11-14)16-15(12-19)17(23)21-18(20-16)22-9-4-2-3-5-10-22/h6-8,11H,2-5,9-10H2,1H3,(H,20,21,23). The Kier molecular flexibility index (Phi) is 4.80. The molecule has 1 aliphatic heterocycles. The highest BCUT2D eigenvalue weighted by molar-refractivity contribution is 5.68. The molecule has 0 unspecified atom stereocenters. The summed E-state index contributed by atoms with van der Waals surface area (Å²) in [6, 6.07) is 9.24. The van der Waals surface area contributed by atoms with Crippen LogP contribution in [0.1, 0.15) is 31.2 Å². The van der Waals surface area contributed by atoms with Crippen molar-refractivity contribution in [3.8, 4) is 23.1 Å². The highest BCUT2D eigenvalue weighted by Gasteiger charge is 2.18. The molecule has 6 nitrogen and oxygen atoms in total. The van der Waals surface area contributed by atoms with Gasteiger partial charge in [-0.05, 0) is 25.0 Å². The van der Waals surface area contributed by atoms with Crippen LogP contribution in [0, 0.1) is 11.3 Å². The predicted molar refractivity (Wildman–Crippen MR) is 92.2 cm³/mol. The maximum Gasteiger partial charge on any atom is 0.270 e. The third-order valence-electron chi connectivity index (χ3n) is 4.27. The van der Waals surface area contributed by atoms with Gasteiger partial charge in [-0.2, -0.15) is 5.26 Å². The third kappa shape index (κ3) is 3.25. The van der Waals surface area contributed by atoms with Crippen molar-refractivity contribution in [1.29, 1.82) is 5.26 Å². The van der Waals surface area contributed by atoms with E-state index in [-0.39, 0.29) is 5.56 Å². The van der Waals surface area contributed by atoms with Crippen LogP contribution in [-0.2, 0) is 0 Å². The second-order valence-corrected chi connectivity index (χ2v) is 5.86. The van der Waals surface area contributed by atoms with Crippen LogP contribution in [0.5, 0.6) is 5.75 Å². The van der Waals surface area contributed by atoms with E-state index in [0.29, 0.717) is 23.0 Å². The summed E-state index contributed by atoms with van der Waals surface area (Å²) in [6.45, 7) is 1.73. The number of aromatic amines is 1. The van der Waals surface area contributed by atoms with E-state index in [1.54, 1.807) is 13.2 Å². The van der Waals surface area contributed by atoms with Crippen LogP contribution in [0.3, 0.4) is 0 Å². The summed E-state index contributed by atoms with van der Waals surface area (Å²) in [5.74, 6) is 1.20. The number of methoxy groups -OCH3 is 1. The van der Waals surface area contributed by atoms with Gasteiger partial charge in [-0.3, -0.25) is 9.78 Å². The van der Waals surface area contributed by atoms with Gasteiger partial charge in [0.05, 0.1) is 12.8 Å². The molecule has 0 amide bonds. The van der Waals surface area contributed by atoms with E-state index in [4.69, 9.17) is 4.74 Å². The minimum absolute atomic E-state index is 0.0295. The molecule has 3 rings (SSSR count). The molecular weight excluding hydrogens is 304 g/mol. The van der Waals surface area contributed by atoms with Crippen molar-refractivity contribution in [2.75, 3.05) is 25.1 Å². The first-order valence-corrected chi connectivity index (χ1v) is 8.16. The smallest absolute Gasteiger partial charge is 0.270 e. The first kappa shape index (κ1) is 16.1. The Morgan fingerprint density at radius 1 is 1.25 bits per heavy atom. The minimum atomic E-state index is -0.399. The Bertz CT molecular complexity index is 814. The van der Waals surface area contributed by atoms with Crippen LogP contribution in [-0.4, -0.2) is 30.2 Å². The molecule has 1 aromatic carbocycles. The molecule has 124 valence electrons. The average Bonchev–Trinajstić information content (AvgIpc) is 2.90. The molecule has 0 spiro atoms. The molecule has 6 heteroatoms. The maximum atomic E-state index is 12.4. The molecule has 1 fully saturated rings. The maximum absolute atomic E-state index is 12.4. The number of ether oxygens (including phenoxy) is 1. The fraction of sp³-hybridized carbons (Fsp3) is 0.389. The Balaban J connectivity index is 2.09. The summed E-state index contributed by atoms with van der Waals surface area (Å²) >= 11 is 0. The van der Waals surface area contributed by atoms with Gasteiger partial charge in [-0.25, -0.2) is 4.98 Å². The molecule has 1 N–H and O–H groups in total. The number of hydrogen-bond acceptors (Lipinski definition) is 5. The molecule has 1 aromatic heterocycles. The second-order valence-electron chi connectivity index (χ2n) is 5.86. The van der Waals surface area contributed by atoms with E-state index in [9.17, 15) is 10.1 Å². The number of nitrogens with one attached hydrogen (secondary N) is 1. The molecule has 1 saturated heterocycles. The Hall–Kier alpha value is -2.81. The zero-order chi connectivity index (χ0) is 16.9. The largest absolute Gasteiger partial charge is 0.497 e. The SMILES string of the molecule is COc1cccc(-c2nc(N3CCCCCC3)[nH]c(=O)c2C#N)c1. The van der Waals surface area contributed by atoms with Gasteiger partial charge in [0.1, 0.15) is 17.4 Å². The van der Waals surface area contributed by atoms with Gasteiger partial charge in [-0.1, -0.05) is 25.0 Å². The number of benzene rings is 1. The molecule has 0 saturated carbocycles. The van der Waals surface area contributed by atoms with Gasteiger partial charge >= 0.3 is 0 Å². The van der Waals surface area contributed by atoms with Crippen molar-refractivity contribution in [1.82, 2.24) is 9.97 Å². The summed E-state index contributed by atoms with van der Waals surface area (Å²) in [5, 5.41) is 9.38. The molecule has 0 atom stereocenters. The topological polar surface area (TPSA) is 82.0 Å². The molecule has 2 heterocycles. The zero-order valence-electron chi connectivity index (χ0n) is 13.7. The monoisotopic (exact) mass is 324 g/mol. The highest BCUT2D eigenvalue weighted by Crippen LogP contribution is 2.25. The van der Waals surface area contributed by atoms with Gasteiger partial charge in [0.25, 0.3) is 5.56 Å². The first-order chi connectivity index (χ1) is 11.7. The zero-order valence-corrected chi connectivity index (χ0v) is 13.7. The van der Waals surface area contributed by atoms with E-state index in [2.05, 4.69) is 14.9 Å². The molecular formula is C18H20N4O2. The molecule has 0 radical (unpaired) electrons. The van der Waals surface area contributed by atoms with E-state index in [1.165, 1.54) is 12.8 Å². The van der Waals surface area contributed by atoms with Crippen LogP contribution in [0.4, 0.5) is 5.95 Å². The van der Waals surface area contributed by atoms with Gasteiger partial charge in [-0.15, -0.1) is 0 Å². The van der Waals surface area contributed by atoms with E-state index < -0.39 is 5.56 Å². The second kappa shape index (κ2) is 7.18. The first-order valence-electron chi connectivity index (χ1n) is 8.16. The van der Waals surface area contributed by atoms with Crippen molar-refractivity contribution in [3.05, 3.63) is 40.2 Å². The third-order valence-corrected chi connectivity index (χ3v) is 4.27. The lowest BCUT2D eigenvalue weighted by molar-refractivity contribution is 0.415. The van der Waals surface area contributed by atoms with Gasteiger partial charge in [0.2, 0.25) is 5.95 Å². The normalized spacial score (nSPS) is 14.8. The summed E-state index contributed by atoms with van der Waals surface area (Å²) in [6.07, 6.45) is 4.55. The molecule has 24 heavy (non-hydrogen) atoms. The van der Waals surface area contributed by atoms with Crippen molar-refractivity contribution in [2.45, 2.75) is 25.7 Å². The van der Waals surface area contributed by atoms with Gasteiger partial charge in [0.15, 0.2) is 0 Å². The average molecular weight is 324 g/mol. The van der Waals surface area contributed by atoms with Crippen molar-refractivity contribution >= 4 is 5.95 Å². The van der Waals surface area contributed by atoms with Crippen molar-refractivity contribution < 1.29 is 4.74 Å². The Morgan fingerprint density at radius 2 is 2.00 bits per heavy atom. The minimum Gasteiger partial charge on any atom is -0.497 e. The summed E-state index contributed by atoms with van der Waals surface area (Å²) in [5.41, 5.74) is 0.735. The quantitative estimate of drug-likeness (QED) is 0.938. The highest BCUT2D eigenvalue weighted by atomic mass is 16.5. The van der Waals surface area contributed by atoms with Crippen LogP contribution in [0.2, 0.25) is 0 Å². The van der Waals surface area contributed by atoms with Crippen LogP contribution >= 0.6 is 0 Å². The Labute approximate surface area is 140 Å². The molecule has 2 aromatic rings. The number of rotatable bonds is 3. The van der Waals surface area contributed by atoms with E-state index in [0.717, 1.165) is 25.9 Å². The lowest BCUT2D eigenvalue weighted by atomic mass is 10.1. The number of H-pyrrole nitrogens is 1. The fourth-order valence-electron chi connectivity index (χ4n) is 2.98. The molecule has 0 bridgehead atoms. The van der Waals surface area contributed by atoms with Crippen LogP contribution < -0.4 is 15.2 Å². The number of nitrogens with zero attached hydrogens (tertiary/aromatic N) is 3. The summed E-state index contributed by atoms with van der Waals surface area (Å²) in [4.78, 5) is 21.8. The van der Waals surface area contributed by atoms with Gasteiger partial charge in [0, 0.05) is 18.7 Å². The number of hydrogen-bond donors (Lipinski definition) is 1. The number of anilines is 1. The van der Waals surface area contributed by atoms with Crippen molar-refractivity contribution in [3.63, 3.8) is 0 Å². The fourth-order valence-corrected chi connectivity index (χ4v) is 2.98. The lowest BCUT2D eigenvalue weighted by Crippen LogP contribution is -2.29. The summed E-state index contributed by atoms with van der Waals surface area (Å²) < 4.78 is 5.24. The lowest BCUT2D eigenvalue weighted by Gasteiger charge is -2.21. The van der Waals surface area contributed by atoms with E-state index >= 15 is 0 Å². The summed E-state index contributed by atoms with van der Waals surface area (Å²) in [7, 11) is 1.58. The molecule has 1 aliphatic rings.